The Hall–Kier alpha value is -0.600. The van der Waals surface area contributed by atoms with E-state index in [-0.39, 0.29) is 0 Å². The number of halogens is 1. The summed E-state index contributed by atoms with van der Waals surface area (Å²) in [5.41, 5.74) is 1.19. The molecule has 3 rings (SSSR count). The molecule has 0 saturated carbocycles. The van der Waals surface area contributed by atoms with E-state index in [1.807, 2.05) is 12.3 Å². The monoisotopic (exact) mass is 236 g/mol. The van der Waals surface area contributed by atoms with Crippen molar-refractivity contribution < 1.29 is 0 Å². The lowest BCUT2D eigenvalue weighted by Gasteiger charge is -2.36. The van der Waals surface area contributed by atoms with E-state index in [0.717, 1.165) is 19.4 Å². The Morgan fingerprint density at radius 3 is 2.62 bits per heavy atom. The van der Waals surface area contributed by atoms with Gasteiger partial charge in [0.25, 0.3) is 0 Å². The number of hydrogen-bond donors (Lipinski definition) is 0. The maximum Gasteiger partial charge on any atom is 0.0544 e. The van der Waals surface area contributed by atoms with Crippen LogP contribution in [0.1, 0.15) is 31.4 Å². The zero-order valence-electron chi connectivity index (χ0n) is 9.35. The Morgan fingerprint density at radius 2 is 2.00 bits per heavy atom. The lowest BCUT2D eigenvalue weighted by atomic mass is 10.0. The summed E-state index contributed by atoms with van der Waals surface area (Å²) in [5, 5.41) is 0.400. The van der Waals surface area contributed by atoms with Crippen molar-refractivity contribution >= 4 is 11.6 Å². The van der Waals surface area contributed by atoms with E-state index in [0.29, 0.717) is 17.5 Å². The minimum Gasteiger partial charge on any atom is -0.292 e. The Morgan fingerprint density at radius 1 is 1.25 bits per heavy atom. The molecule has 0 aromatic carbocycles. The van der Waals surface area contributed by atoms with Crippen LogP contribution in [0.2, 0.25) is 0 Å². The highest BCUT2D eigenvalue weighted by Crippen LogP contribution is 2.38. The summed E-state index contributed by atoms with van der Waals surface area (Å²) in [4.78, 5) is 7.03. The summed E-state index contributed by atoms with van der Waals surface area (Å²) < 4.78 is 0. The topological polar surface area (TPSA) is 16.1 Å². The lowest BCUT2D eigenvalue weighted by molar-refractivity contribution is 0.133. The molecule has 2 bridgehead atoms. The molecule has 1 aromatic heterocycles. The van der Waals surface area contributed by atoms with Crippen molar-refractivity contribution in [2.75, 3.05) is 0 Å². The maximum absolute atomic E-state index is 6.27. The van der Waals surface area contributed by atoms with Crippen LogP contribution in [0.4, 0.5) is 0 Å². The number of nitrogens with zero attached hydrogens (tertiary/aromatic N) is 2. The number of fused-ring (bicyclic) bond motifs is 2. The predicted molar refractivity (Wildman–Crippen MR) is 65.5 cm³/mol. The van der Waals surface area contributed by atoms with Crippen LogP contribution in [-0.2, 0) is 6.54 Å². The Bertz CT molecular complexity index is 340. The molecule has 2 aliphatic rings. The first-order chi connectivity index (χ1) is 7.83. The number of pyridine rings is 1. The zero-order valence-corrected chi connectivity index (χ0v) is 10.1. The van der Waals surface area contributed by atoms with Gasteiger partial charge in [0, 0.05) is 30.2 Å². The van der Waals surface area contributed by atoms with Gasteiger partial charge in [0.1, 0.15) is 0 Å². The van der Waals surface area contributed by atoms with Crippen molar-refractivity contribution in [3.05, 3.63) is 30.1 Å². The number of hydrogen-bond acceptors (Lipinski definition) is 2. The van der Waals surface area contributed by atoms with Crippen molar-refractivity contribution in [2.24, 2.45) is 0 Å². The van der Waals surface area contributed by atoms with E-state index in [1.54, 1.807) is 0 Å². The van der Waals surface area contributed by atoms with E-state index >= 15 is 0 Å². The van der Waals surface area contributed by atoms with Crippen molar-refractivity contribution in [1.82, 2.24) is 9.88 Å². The third kappa shape index (κ3) is 1.96. The number of aromatic nitrogens is 1. The zero-order chi connectivity index (χ0) is 11.0. The fraction of sp³-hybridized carbons (Fsp3) is 0.615. The molecular weight excluding hydrogens is 220 g/mol. The highest BCUT2D eigenvalue weighted by Gasteiger charge is 2.39. The predicted octanol–water partition coefficient (Wildman–Crippen LogP) is 2.82. The Labute approximate surface area is 102 Å². The summed E-state index contributed by atoms with van der Waals surface area (Å²) in [7, 11) is 0. The van der Waals surface area contributed by atoms with Crippen LogP contribution in [0.15, 0.2) is 24.4 Å². The minimum absolute atomic E-state index is 0.400. The minimum atomic E-state index is 0.400. The van der Waals surface area contributed by atoms with Crippen LogP contribution in [0, 0.1) is 0 Å². The van der Waals surface area contributed by atoms with E-state index in [2.05, 4.69) is 22.0 Å². The molecule has 86 valence electrons. The first-order valence-corrected chi connectivity index (χ1v) is 6.56. The molecule has 0 amide bonds. The van der Waals surface area contributed by atoms with Gasteiger partial charge in [-0.25, -0.2) is 0 Å². The first-order valence-electron chi connectivity index (χ1n) is 6.12. The molecule has 2 aliphatic heterocycles. The van der Waals surface area contributed by atoms with Crippen LogP contribution < -0.4 is 0 Å². The standard InChI is InChI=1S/C13H17ClN2/c14-10-7-12-4-5-13(8-10)16(12)9-11-3-1-2-6-15-11/h1-3,6,10,12-13H,4-5,7-9H2. The molecule has 3 heteroatoms. The highest BCUT2D eigenvalue weighted by molar-refractivity contribution is 6.20. The van der Waals surface area contributed by atoms with Gasteiger partial charge in [0.05, 0.1) is 5.69 Å². The van der Waals surface area contributed by atoms with Gasteiger partial charge in [-0.05, 0) is 37.8 Å². The number of piperidine rings is 1. The van der Waals surface area contributed by atoms with Crippen LogP contribution in [0.25, 0.3) is 0 Å². The highest BCUT2D eigenvalue weighted by atomic mass is 35.5. The summed E-state index contributed by atoms with van der Waals surface area (Å²) in [6.45, 7) is 1.000. The molecule has 0 aliphatic carbocycles. The van der Waals surface area contributed by atoms with E-state index < -0.39 is 0 Å². The van der Waals surface area contributed by atoms with Gasteiger partial charge in [-0.3, -0.25) is 9.88 Å². The fourth-order valence-corrected chi connectivity index (χ4v) is 3.56. The van der Waals surface area contributed by atoms with Gasteiger partial charge in [0.15, 0.2) is 0 Å². The van der Waals surface area contributed by atoms with Gasteiger partial charge in [-0.15, -0.1) is 11.6 Å². The SMILES string of the molecule is ClC1CC2CCC(C1)N2Cc1ccccn1. The summed E-state index contributed by atoms with van der Waals surface area (Å²) in [6.07, 6.45) is 6.84. The molecule has 2 unspecified atom stereocenters. The summed E-state index contributed by atoms with van der Waals surface area (Å²) in [6, 6.07) is 7.56. The van der Waals surface area contributed by atoms with Crippen molar-refractivity contribution in [3.8, 4) is 0 Å². The quantitative estimate of drug-likeness (QED) is 0.735. The average Bonchev–Trinajstić information content (AvgIpc) is 2.54. The lowest BCUT2D eigenvalue weighted by Crippen LogP contribution is -2.42. The van der Waals surface area contributed by atoms with E-state index in [4.69, 9.17) is 11.6 Å². The van der Waals surface area contributed by atoms with Crippen LogP contribution >= 0.6 is 11.6 Å². The smallest absolute Gasteiger partial charge is 0.0544 e. The molecule has 16 heavy (non-hydrogen) atoms. The number of alkyl halides is 1. The van der Waals surface area contributed by atoms with Gasteiger partial charge in [-0.2, -0.15) is 0 Å². The van der Waals surface area contributed by atoms with Gasteiger partial charge >= 0.3 is 0 Å². The summed E-state index contributed by atoms with van der Waals surface area (Å²) in [5.74, 6) is 0. The largest absolute Gasteiger partial charge is 0.292 e. The molecule has 2 fully saturated rings. The molecule has 0 N–H and O–H groups in total. The Kier molecular flexibility index (Phi) is 2.86. The number of rotatable bonds is 2. The second-order valence-corrected chi connectivity index (χ2v) is 5.56. The molecule has 3 heterocycles. The van der Waals surface area contributed by atoms with Crippen LogP contribution in [0.3, 0.4) is 0 Å². The normalized spacial score (nSPS) is 34.2. The second-order valence-electron chi connectivity index (χ2n) is 4.95. The van der Waals surface area contributed by atoms with Crippen molar-refractivity contribution in [1.29, 1.82) is 0 Å². The van der Waals surface area contributed by atoms with Crippen molar-refractivity contribution in [3.63, 3.8) is 0 Å². The van der Waals surface area contributed by atoms with Crippen molar-refractivity contribution in [2.45, 2.75) is 49.7 Å². The fourth-order valence-electron chi connectivity index (χ4n) is 3.14. The third-order valence-electron chi connectivity index (χ3n) is 3.90. The van der Waals surface area contributed by atoms with Gasteiger partial charge in [0.2, 0.25) is 0 Å². The molecule has 2 nitrogen and oxygen atoms in total. The molecular formula is C13H17ClN2. The van der Waals surface area contributed by atoms with E-state index in [1.165, 1.54) is 18.5 Å². The van der Waals surface area contributed by atoms with Gasteiger partial charge < -0.3 is 0 Å². The molecule has 2 atom stereocenters. The average molecular weight is 237 g/mol. The van der Waals surface area contributed by atoms with Gasteiger partial charge in [-0.1, -0.05) is 6.07 Å². The first kappa shape index (κ1) is 10.5. The Balaban J connectivity index is 1.72. The molecule has 2 saturated heterocycles. The summed E-state index contributed by atoms with van der Waals surface area (Å²) >= 11 is 6.27. The molecule has 0 radical (unpaired) electrons. The third-order valence-corrected chi connectivity index (χ3v) is 4.25. The van der Waals surface area contributed by atoms with Crippen LogP contribution in [0.5, 0.6) is 0 Å². The van der Waals surface area contributed by atoms with Crippen LogP contribution in [-0.4, -0.2) is 27.3 Å². The second kappa shape index (κ2) is 4.34. The molecule has 0 spiro atoms. The van der Waals surface area contributed by atoms with E-state index in [9.17, 15) is 0 Å². The molecule has 1 aromatic rings. The maximum atomic E-state index is 6.27.